The summed E-state index contributed by atoms with van der Waals surface area (Å²) in [6, 6.07) is 3.90. The van der Waals surface area contributed by atoms with Gasteiger partial charge in [0.2, 0.25) is 5.91 Å². The zero-order valence-electron chi connectivity index (χ0n) is 9.29. The molecular weight excluding hydrogens is 211 g/mol. The summed E-state index contributed by atoms with van der Waals surface area (Å²) in [5.74, 6) is -0.775. The highest BCUT2D eigenvalue weighted by Gasteiger charge is 2.13. The van der Waals surface area contributed by atoms with Crippen LogP contribution < -0.4 is 15.8 Å². The van der Waals surface area contributed by atoms with Gasteiger partial charge in [-0.05, 0) is 18.6 Å². The minimum Gasteiger partial charge on any atom is -0.494 e. The molecule has 0 saturated heterocycles. The molecule has 0 fully saturated rings. The van der Waals surface area contributed by atoms with Gasteiger partial charge in [0.05, 0.1) is 7.11 Å². The smallest absolute Gasteiger partial charge is 0.239 e. The highest BCUT2D eigenvalue weighted by atomic mass is 19.1. The first-order valence-electron chi connectivity index (χ1n) is 4.97. The molecule has 3 N–H and O–H groups in total. The van der Waals surface area contributed by atoms with E-state index in [9.17, 15) is 9.18 Å². The van der Waals surface area contributed by atoms with E-state index >= 15 is 0 Å². The van der Waals surface area contributed by atoms with Gasteiger partial charge in [0.15, 0.2) is 11.6 Å². The molecule has 0 aromatic heterocycles. The zero-order valence-corrected chi connectivity index (χ0v) is 9.29. The van der Waals surface area contributed by atoms with E-state index in [1.807, 2.05) is 6.92 Å². The van der Waals surface area contributed by atoms with Gasteiger partial charge in [0.1, 0.15) is 6.04 Å². The van der Waals surface area contributed by atoms with Crippen LogP contribution in [0.3, 0.4) is 0 Å². The van der Waals surface area contributed by atoms with Gasteiger partial charge in [0.25, 0.3) is 0 Å². The van der Waals surface area contributed by atoms with Crippen LogP contribution in [0.4, 0.5) is 10.1 Å². The third kappa shape index (κ3) is 2.85. The molecule has 0 saturated carbocycles. The summed E-state index contributed by atoms with van der Waals surface area (Å²) >= 11 is 0. The molecule has 4 nitrogen and oxygen atoms in total. The average molecular weight is 226 g/mol. The van der Waals surface area contributed by atoms with Crippen LogP contribution >= 0.6 is 0 Å². The minimum absolute atomic E-state index is 0.165. The van der Waals surface area contributed by atoms with Crippen LogP contribution in [0.1, 0.15) is 13.3 Å². The molecule has 5 heteroatoms. The number of anilines is 1. The molecule has 0 spiro atoms. The van der Waals surface area contributed by atoms with Crippen LogP contribution in [0.5, 0.6) is 5.75 Å². The lowest BCUT2D eigenvalue weighted by Gasteiger charge is -2.15. The number of rotatable bonds is 5. The van der Waals surface area contributed by atoms with Gasteiger partial charge in [-0.15, -0.1) is 0 Å². The lowest BCUT2D eigenvalue weighted by Crippen LogP contribution is -2.34. The Morgan fingerprint density at radius 1 is 1.62 bits per heavy atom. The van der Waals surface area contributed by atoms with Crippen molar-refractivity contribution in [2.45, 2.75) is 19.4 Å². The van der Waals surface area contributed by atoms with Crippen molar-refractivity contribution in [1.82, 2.24) is 0 Å². The summed E-state index contributed by atoms with van der Waals surface area (Å²) in [4.78, 5) is 11.0. The molecule has 0 bridgehead atoms. The summed E-state index contributed by atoms with van der Waals surface area (Å²) in [6.45, 7) is 1.82. The van der Waals surface area contributed by atoms with Crippen LogP contribution in [0.2, 0.25) is 0 Å². The van der Waals surface area contributed by atoms with Crippen LogP contribution in [0, 0.1) is 5.82 Å². The molecule has 0 heterocycles. The number of hydrogen-bond acceptors (Lipinski definition) is 3. The van der Waals surface area contributed by atoms with Gasteiger partial charge < -0.3 is 15.8 Å². The van der Waals surface area contributed by atoms with Crippen molar-refractivity contribution >= 4 is 11.6 Å². The Balaban J connectivity index is 2.81. The summed E-state index contributed by atoms with van der Waals surface area (Å²) in [6.07, 6.45) is 0.545. The van der Waals surface area contributed by atoms with Crippen molar-refractivity contribution in [3.05, 3.63) is 24.0 Å². The van der Waals surface area contributed by atoms with Gasteiger partial charge in [-0.2, -0.15) is 0 Å². The predicted molar refractivity (Wildman–Crippen MR) is 59.8 cm³/mol. The van der Waals surface area contributed by atoms with E-state index in [1.165, 1.54) is 19.2 Å². The molecule has 0 aliphatic heterocycles. The van der Waals surface area contributed by atoms with Gasteiger partial charge >= 0.3 is 0 Å². The Morgan fingerprint density at radius 2 is 2.31 bits per heavy atom. The first-order valence-corrected chi connectivity index (χ1v) is 4.97. The average Bonchev–Trinajstić information content (AvgIpc) is 2.25. The molecule has 1 unspecified atom stereocenters. The van der Waals surface area contributed by atoms with Gasteiger partial charge in [-0.3, -0.25) is 4.79 Å². The molecule has 88 valence electrons. The number of nitrogens with two attached hydrogens (primary N) is 1. The fourth-order valence-corrected chi connectivity index (χ4v) is 1.33. The lowest BCUT2D eigenvalue weighted by atomic mass is 10.2. The van der Waals surface area contributed by atoms with Crippen LogP contribution in [-0.2, 0) is 4.79 Å². The first-order chi connectivity index (χ1) is 7.58. The third-order valence-electron chi connectivity index (χ3n) is 2.24. The molecule has 0 radical (unpaired) electrons. The summed E-state index contributed by atoms with van der Waals surface area (Å²) in [5.41, 5.74) is 5.67. The number of carbonyl (C=O) groups is 1. The second-order valence-corrected chi connectivity index (χ2v) is 3.36. The summed E-state index contributed by atoms with van der Waals surface area (Å²) < 4.78 is 18.1. The maximum absolute atomic E-state index is 13.3. The van der Waals surface area contributed by atoms with Crippen LogP contribution in [-0.4, -0.2) is 19.1 Å². The van der Waals surface area contributed by atoms with Gasteiger partial charge in [-0.25, -0.2) is 4.39 Å². The van der Waals surface area contributed by atoms with Crippen molar-refractivity contribution < 1.29 is 13.9 Å². The maximum atomic E-state index is 13.3. The predicted octanol–water partition coefficient (Wildman–Crippen LogP) is 1.51. The normalized spacial score (nSPS) is 11.9. The second kappa shape index (κ2) is 5.34. The Hall–Kier alpha value is -1.78. The highest BCUT2D eigenvalue weighted by Crippen LogP contribution is 2.21. The quantitative estimate of drug-likeness (QED) is 0.799. The molecule has 1 aromatic carbocycles. The van der Waals surface area contributed by atoms with E-state index < -0.39 is 17.8 Å². The van der Waals surface area contributed by atoms with Gasteiger partial charge in [-0.1, -0.05) is 6.92 Å². The van der Waals surface area contributed by atoms with Crippen molar-refractivity contribution in [2.24, 2.45) is 5.73 Å². The van der Waals surface area contributed by atoms with E-state index in [-0.39, 0.29) is 5.75 Å². The standard InChI is InChI=1S/C11H15FN2O2/c1-3-9(11(13)15)14-7-4-5-10(16-2)8(12)6-7/h4-6,9,14H,3H2,1-2H3,(H2,13,15). The molecule has 1 atom stereocenters. The van der Waals surface area contributed by atoms with Crippen molar-refractivity contribution in [3.63, 3.8) is 0 Å². The number of nitrogens with one attached hydrogen (secondary N) is 1. The second-order valence-electron chi connectivity index (χ2n) is 3.36. The van der Waals surface area contributed by atoms with Crippen LogP contribution in [0.15, 0.2) is 18.2 Å². The van der Waals surface area contributed by atoms with E-state index in [0.717, 1.165) is 0 Å². The van der Waals surface area contributed by atoms with Crippen molar-refractivity contribution in [2.75, 3.05) is 12.4 Å². The molecule has 1 rings (SSSR count). The largest absolute Gasteiger partial charge is 0.494 e. The summed E-state index contributed by atoms with van der Waals surface area (Å²) in [5, 5.41) is 2.85. The van der Waals surface area contributed by atoms with E-state index in [2.05, 4.69) is 5.32 Å². The SMILES string of the molecule is CCC(Nc1ccc(OC)c(F)c1)C(N)=O. The molecule has 1 aromatic rings. The molecular formula is C11H15FN2O2. The number of hydrogen-bond donors (Lipinski definition) is 2. The Labute approximate surface area is 93.6 Å². The number of carbonyl (C=O) groups excluding carboxylic acids is 1. The number of primary amides is 1. The van der Waals surface area contributed by atoms with E-state index in [0.29, 0.717) is 12.1 Å². The Bertz CT molecular complexity index is 382. The number of benzene rings is 1. The Kier molecular flexibility index (Phi) is 4.10. The monoisotopic (exact) mass is 226 g/mol. The fraction of sp³-hybridized carbons (Fsp3) is 0.364. The fourth-order valence-electron chi connectivity index (χ4n) is 1.33. The first kappa shape index (κ1) is 12.3. The topological polar surface area (TPSA) is 64.3 Å². The number of amides is 1. The molecule has 0 aliphatic rings. The molecule has 1 amide bonds. The van der Waals surface area contributed by atoms with Crippen molar-refractivity contribution in [3.8, 4) is 5.75 Å². The third-order valence-corrected chi connectivity index (χ3v) is 2.24. The zero-order chi connectivity index (χ0) is 12.1. The molecule has 16 heavy (non-hydrogen) atoms. The number of methoxy groups -OCH3 is 1. The van der Waals surface area contributed by atoms with E-state index in [4.69, 9.17) is 10.5 Å². The minimum atomic E-state index is -0.493. The number of halogens is 1. The highest BCUT2D eigenvalue weighted by molar-refractivity contribution is 5.82. The van der Waals surface area contributed by atoms with Crippen molar-refractivity contribution in [1.29, 1.82) is 0 Å². The molecule has 0 aliphatic carbocycles. The Morgan fingerprint density at radius 3 is 2.75 bits per heavy atom. The van der Waals surface area contributed by atoms with E-state index in [1.54, 1.807) is 6.07 Å². The summed E-state index contributed by atoms with van der Waals surface area (Å²) in [7, 11) is 1.39. The lowest BCUT2D eigenvalue weighted by molar-refractivity contribution is -0.118. The maximum Gasteiger partial charge on any atom is 0.239 e. The number of ether oxygens (including phenoxy) is 1. The van der Waals surface area contributed by atoms with Gasteiger partial charge in [0, 0.05) is 11.8 Å². The van der Waals surface area contributed by atoms with Crippen LogP contribution in [0.25, 0.3) is 0 Å².